The summed E-state index contributed by atoms with van der Waals surface area (Å²) in [5, 5.41) is 5.13. The largest absolute Gasteiger partial charge is 0.221 e. The molecular formula is C14H19ClN4. The SMILES string of the molecule is CCc1cc(CC)n(-c2nc(CC)nc(Cl)c2C)n1. The van der Waals surface area contributed by atoms with Crippen molar-refractivity contribution in [2.24, 2.45) is 0 Å². The van der Waals surface area contributed by atoms with Gasteiger partial charge in [-0.05, 0) is 25.8 Å². The van der Waals surface area contributed by atoms with Gasteiger partial charge in [0.1, 0.15) is 11.0 Å². The van der Waals surface area contributed by atoms with Crippen LogP contribution in [-0.4, -0.2) is 19.7 Å². The molecule has 0 amide bonds. The molecule has 0 aliphatic carbocycles. The highest BCUT2D eigenvalue weighted by molar-refractivity contribution is 6.30. The first kappa shape index (κ1) is 14.0. The molecule has 0 aliphatic heterocycles. The molecule has 5 heteroatoms. The van der Waals surface area contributed by atoms with E-state index in [9.17, 15) is 0 Å². The number of aromatic nitrogens is 4. The number of hydrogen-bond acceptors (Lipinski definition) is 3. The third kappa shape index (κ3) is 2.63. The van der Waals surface area contributed by atoms with E-state index in [1.807, 2.05) is 18.5 Å². The maximum absolute atomic E-state index is 6.19. The van der Waals surface area contributed by atoms with E-state index >= 15 is 0 Å². The van der Waals surface area contributed by atoms with Crippen molar-refractivity contribution in [1.82, 2.24) is 19.7 Å². The summed E-state index contributed by atoms with van der Waals surface area (Å²) in [6, 6.07) is 2.13. The van der Waals surface area contributed by atoms with Crippen molar-refractivity contribution in [3.8, 4) is 5.82 Å². The first-order chi connectivity index (χ1) is 9.10. The Labute approximate surface area is 118 Å². The van der Waals surface area contributed by atoms with Crippen LogP contribution in [0, 0.1) is 6.92 Å². The predicted octanol–water partition coefficient (Wildman–Crippen LogP) is 3.31. The van der Waals surface area contributed by atoms with Gasteiger partial charge < -0.3 is 0 Å². The molecule has 2 aromatic heterocycles. The Bertz CT molecular complexity index is 589. The second-order valence-electron chi connectivity index (χ2n) is 4.48. The van der Waals surface area contributed by atoms with Crippen LogP contribution >= 0.6 is 11.6 Å². The molecule has 0 aromatic carbocycles. The molecule has 0 unspecified atom stereocenters. The second kappa shape index (κ2) is 5.70. The summed E-state index contributed by atoms with van der Waals surface area (Å²) in [6.45, 7) is 8.17. The summed E-state index contributed by atoms with van der Waals surface area (Å²) in [7, 11) is 0. The van der Waals surface area contributed by atoms with E-state index in [1.165, 1.54) is 0 Å². The van der Waals surface area contributed by atoms with Gasteiger partial charge in [0.2, 0.25) is 0 Å². The van der Waals surface area contributed by atoms with Gasteiger partial charge in [-0.2, -0.15) is 5.10 Å². The molecule has 0 atom stereocenters. The molecule has 0 bridgehead atoms. The number of halogens is 1. The van der Waals surface area contributed by atoms with Gasteiger partial charge in [0.15, 0.2) is 5.82 Å². The topological polar surface area (TPSA) is 43.6 Å². The third-order valence-electron chi connectivity index (χ3n) is 3.18. The molecule has 0 aliphatic rings. The van der Waals surface area contributed by atoms with Crippen LogP contribution in [0.1, 0.15) is 43.5 Å². The van der Waals surface area contributed by atoms with E-state index < -0.39 is 0 Å². The van der Waals surface area contributed by atoms with Gasteiger partial charge in [-0.25, -0.2) is 14.6 Å². The van der Waals surface area contributed by atoms with Crippen molar-refractivity contribution in [2.75, 3.05) is 0 Å². The van der Waals surface area contributed by atoms with E-state index in [0.29, 0.717) is 5.15 Å². The number of rotatable bonds is 4. The minimum atomic E-state index is 0.512. The first-order valence-electron chi connectivity index (χ1n) is 6.71. The average molecular weight is 279 g/mol. The Hall–Kier alpha value is -1.42. The third-order valence-corrected chi connectivity index (χ3v) is 3.55. The number of nitrogens with zero attached hydrogens (tertiary/aromatic N) is 4. The van der Waals surface area contributed by atoms with E-state index in [-0.39, 0.29) is 0 Å². The van der Waals surface area contributed by atoms with Crippen LogP contribution < -0.4 is 0 Å². The van der Waals surface area contributed by atoms with Gasteiger partial charge in [-0.15, -0.1) is 0 Å². The molecule has 0 N–H and O–H groups in total. The highest BCUT2D eigenvalue weighted by Crippen LogP contribution is 2.21. The lowest BCUT2D eigenvalue weighted by Crippen LogP contribution is -2.10. The molecule has 102 valence electrons. The van der Waals surface area contributed by atoms with Crippen LogP contribution in [0.3, 0.4) is 0 Å². The fourth-order valence-electron chi connectivity index (χ4n) is 1.97. The van der Waals surface area contributed by atoms with Crippen LogP contribution in [0.5, 0.6) is 0 Å². The average Bonchev–Trinajstić information content (AvgIpc) is 2.84. The van der Waals surface area contributed by atoms with Crippen LogP contribution in [0.15, 0.2) is 6.07 Å². The Morgan fingerprint density at radius 1 is 1.11 bits per heavy atom. The molecule has 0 radical (unpaired) electrons. The molecule has 0 fully saturated rings. The summed E-state index contributed by atoms with van der Waals surface area (Å²) < 4.78 is 1.90. The first-order valence-corrected chi connectivity index (χ1v) is 7.09. The lowest BCUT2D eigenvalue weighted by molar-refractivity contribution is 0.749. The molecule has 0 saturated carbocycles. The fourth-order valence-corrected chi connectivity index (χ4v) is 2.15. The van der Waals surface area contributed by atoms with Gasteiger partial charge in [-0.3, -0.25) is 0 Å². The lowest BCUT2D eigenvalue weighted by atomic mass is 10.2. The molecule has 2 aromatic rings. The number of hydrogen-bond donors (Lipinski definition) is 0. The molecule has 4 nitrogen and oxygen atoms in total. The van der Waals surface area contributed by atoms with Crippen LogP contribution in [0.2, 0.25) is 5.15 Å². The smallest absolute Gasteiger partial charge is 0.161 e. The minimum absolute atomic E-state index is 0.512. The number of aryl methyl sites for hydroxylation is 3. The second-order valence-corrected chi connectivity index (χ2v) is 4.84. The fraction of sp³-hybridized carbons (Fsp3) is 0.500. The van der Waals surface area contributed by atoms with Crippen molar-refractivity contribution in [1.29, 1.82) is 0 Å². The quantitative estimate of drug-likeness (QED) is 0.806. The molecule has 0 spiro atoms. The Balaban J connectivity index is 2.63. The Kier molecular flexibility index (Phi) is 4.20. The van der Waals surface area contributed by atoms with Crippen molar-refractivity contribution < 1.29 is 0 Å². The molecule has 0 saturated heterocycles. The summed E-state index contributed by atoms with van der Waals surface area (Å²) >= 11 is 6.19. The summed E-state index contributed by atoms with van der Waals surface area (Å²) in [4.78, 5) is 8.86. The monoisotopic (exact) mass is 278 g/mol. The van der Waals surface area contributed by atoms with Crippen LogP contribution in [0.4, 0.5) is 0 Å². The normalized spacial score (nSPS) is 11.0. The van der Waals surface area contributed by atoms with Crippen molar-refractivity contribution in [3.05, 3.63) is 34.0 Å². The van der Waals surface area contributed by atoms with Crippen LogP contribution in [-0.2, 0) is 19.3 Å². The predicted molar refractivity (Wildman–Crippen MR) is 77.0 cm³/mol. The van der Waals surface area contributed by atoms with Gasteiger partial charge in [0.05, 0.1) is 5.69 Å². The zero-order valence-corrected chi connectivity index (χ0v) is 12.6. The van der Waals surface area contributed by atoms with Gasteiger partial charge in [-0.1, -0.05) is 32.4 Å². The molecular weight excluding hydrogens is 260 g/mol. The van der Waals surface area contributed by atoms with Crippen molar-refractivity contribution >= 4 is 11.6 Å². The van der Waals surface area contributed by atoms with E-state index in [4.69, 9.17) is 11.6 Å². The van der Waals surface area contributed by atoms with Gasteiger partial charge >= 0.3 is 0 Å². The minimum Gasteiger partial charge on any atom is -0.221 e. The van der Waals surface area contributed by atoms with Crippen molar-refractivity contribution in [2.45, 2.75) is 47.0 Å². The van der Waals surface area contributed by atoms with Gasteiger partial charge in [0.25, 0.3) is 0 Å². The van der Waals surface area contributed by atoms with Gasteiger partial charge in [0, 0.05) is 17.7 Å². The van der Waals surface area contributed by atoms with E-state index in [0.717, 1.165) is 47.9 Å². The van der Waals surface area contributed by atoms with E-state index in [2.05, 4.69) is 35.0 Å². The lowest BCUT2D eigenvalue weighted by Gasteiger charge is -2.10. The highest BCUT2D eigenvalue weighted by atomic mass is 35.5. The van der Waals surface area contributed by atoms with E-state index in [1.54, 1.807) is 0 Å². The maximum Gasteiger partial charge on any atom is 0.161 e. The van der Waals surface area contributed by atoms with Crippen molar-refractivity contribution in [3.63, 3.8) is 0 Å². The highest BCUT2D eigenvalue weighted by Gasteiger charge is 2.14. The van der Waals surface area contributed by atoms with Crippen LogP contribution in [0.25, 0.3) is 5.82 Å². The maximum atomic E-state index is 6.19. The Morgan fingerprint density at radius 2 is 1.84 bits per heavy atom. The zero-order valence-electron chi connectivity index (χ0n) is 11.9. The summed E-state index contributed by atoms with van der Waals surface area (Å²) in [5.74, 6) is 1.55. The summed E-state index contributed by atoms with van der Waals surface area (Å²) in [5.41, 5.74) is 3.10. The summed E-state index contributed by atoms with van der Waals surface area (Å²) in [6.07, 6.45) is 2.59. The molecule has 2 rings (SSSR count). The molecule has 2 heterocycles. The zero-order chi connectivity index (χ0) is 14.0. The standard InChI is InChI=1S/C14H19ClN4/c1-5-10-8-11(6-2)19(18-10)14-9(4)13(15)16-12(7-3)17-14/h8H,5-7H2,1-4H3. The molecule has 19 heavy (non-hydrogen) atoms. The Morgan fingerprint density at radius 3 is 2.42 bits per heavy atom.